The van der Waals surface area contributed by atoms with Gasteiger partial charge in [0.2, 0.25) is 12.7 Å². The Bertz CT molecular complexity index is 734. The second kappa shape index (κ2) is 6.66. The monoisotopic (exact) mass is 316 g/mol. The lowest BCUT2D eigenvalue weighted by Crippen LogP contribution is -2.28. The lowest BCUT2D eigenvalue weighted by molar-refractivity contribution is -0.115. The molecule has 0 atom stereocenters. The van der Waals surface area contributed by atoms with Crippen LogP contribution >= 0.6 is 0 Å². The van der Waals surface area contributed by atoms with E-state index in [4.69, 9.17) is 9.47 Å². The molecule has 0 saturated carbocycles. The molecule has 2 aromatic carbocycles. The molecule has 0 aromatic heterocycles. The molecular formula is C17H17FN2O3. The van der Waals surface area contributed by atoms with E-state index in [1.54, 1.807) is 13.0 Å². The summed E-state index contributed by atoms with van der Waals surface area (Å²) in [7, 11) is 0. The molecule has 23 heavy (non-hydrogen) atoms. The van der Waals surface area contributed by atoms with Gasteiger partial charge in [-0.3, -0.25) is 4.79 Å². The summed E-state index contributed by atoms with van der Waals surface area (Å²) in [6.45, 7) is 2.68. The van der Waals surface area contributed by atoms with Gasteiger partial charge >= 0.3 is 0 Å². The molecule has 0 aliphatic carbocycles. The molecule has 0 saturated heterocycles. The van der Waals surface area contributed by atoms with Crippen LogP contribution in [0.4, 0.5) is 10.1 Å². The Labute approximate surface area is 133 Å². The predicted octanol–water partition coefficient (Wildman–Crippen LogP) is 2.59. The lowest BCUT2D eigenvalue weighted by atomic mass is 10.2. The van der Waals surface area contributed by atoms with E-state index in [1.807, 2.05) is 18.2 Å². The first-order valence-electron chi connectivity index (χ1n) is 7.27. The topological polar surface area (TPSA) is 59.6 Å². The van der Waals surface area contributed by atoms with Crippen LogP contribution in [0.25, 0.3) is 0 Å². The third kappa shape index (κ3) is 3.78. The first-order valence-corrected chi connectivity index (χ1v) is 7.27. The van der Waals surface area contributed by atoms with Gasteiger partial charge in [-0.25, -0.2) is 4.39 Å². The molecule has 6 heteroatoms. The second-order valence-corrected chi connectivity index (χ2v) is 5.30. The summed E-state index contributed by atoms with van der Waals surface area (Å²) >= 11 is 0. The van der Waals surface area contributed by atoms with E-state index in [9.17, 15) is 9.18 Å². The highest BCUT2D eigenvalue weighted by Crippen LogP contribution is 2.32. The first kappa shape index (κ1) is 15.3. The highest BCUT2D eigenvalue weighted by Gasteiger charge is 2.13. The van der Waals surface area contributed by atoms with E-state index in [-0.39, 0.29) is 25.1 Å². The Morgan fingerprint density at radius 2 is 2.00 bits per heavy atom. The zero-order valence-corrected chi connectivity index (χ0v) is 12.7. The van der Waals surface area contributed by atoms with E-state index in [0.717, 1.165) is 17.1 Å². The van der Waals surface area contributed by atoms with Crippen LogP contribution < -0.4 is 20.1 Å². The normalized spacial score (nSPS) is 12.3. The zero-order chi connectivity index (χ0) is 16.2. The fourth-order valence-electron chi connectivity index (χ4n) is 2.33. The van der Waals surface area contributed by atoms with Gasteiger partial charge < -0.3 is 20.1 Å². The standard InChI is InChI=1S/C17H17FN2O3/c1-11-6-13(18)3-4-14(11)20-17(21)9-19-8-12-2-5-15-16(7-12)23-10-22-15/h2-7,19H,8-10H2,1H3,(H,20,21). The van der Waals surface area contributed by atoms with Gasteiger partial charge in [0.15, 0.2) is 11.5 Å². The van der Waals surface area contributed by atoms with Crippen LogP contribution in [-0.2, 0) is 11.3 Å². The number of aryl methyl sites for hydroxylation is 1. The molecule has 1 aliphatic heterocycles. The van der Waals surface area contributed by atoms with Crippen LogP contribution in [0, 0.1) is 12.7 Å². The van der Waals surface area contributed by atoms with E-state index in [2.05, 4.69) is 10.6 Å². The number of fused-ring (bicyclic) bond motifs is 1. The summed E-state index contributed by atoms with van der Waals surface area (Å²) in [6.07, 6.45) is 0. The predicted molar refractivity (Wildman–Crippen MR) is 84.0 cm³/mol. The van der Waals surface area contributed by atoms with Crippen molar-refractivity contribution in [3.63, 3.8) is 0 Å². The molecule has 2 aromatic rings. The molecule has 1 amide bonds. The maximum atomic E-state index is 13.0. The van der Waals surface area contributed by atoms with Crippen LogP contribution in [0.2, 0.25) is 0 Å². The van der Waals surface area contributed by atoms with Crippen molar-refractivity contribution >= 4 is 11.6 Å². The van der Waals surface area contributed by atoms with Gasteiger partial charge in [-0.1, -0.05) is 6.07 Å². The van der Waals surface area contributed by atoms with Crippen molar-refractivity contribution in [1.29, 1.82) is 0 Å². The smallest absolute Gasteiger partial charge is 0.238 e. The minimum atomic E-state index is -0.318. The highest BCUT2D eigenvalue weighted by molar-refractivity contribution is 5.92. The van der Waals surface area contributed by atoms with Crippen molar-refractivity contribution in [2.75, 3.05) is 18.7 Å². The fraction of sp³-hybridized carbons (Fsp3) is 0.235. The summed E-state index contributed by atoms with van der Waals surface area (Å²) in [6, 6.07) is 9.92. The maximum Gasteiger partial charge on any atom is 0.238 e. The summed E-state index contributed by atoms with van der Waals surface area (Å²) in [5.74, 6) is 0.954. The van der Waals surface area contributed by atoms with Crippen LogP contribution in [0.3, 0.4) is 0 Å². The number of nitrogens with one attached hydrogen (secondary N) is 2. The largest absolute Gasteiger partial charge is 0.454 e. The molecule has 0 bridgehead atoms. The highest BCUT2D eigenvalue weighted by atomic mass is 19.1. The van der Waals surface area contributed by atoms with Crippen molar-refractivity contribution < 1.29 is 18.7 Å². The Balaban J connectivity index is 1.49. The molecule has 1 heterocycles. The van der Waals surface area contributed by atoms with Crippen molar-refractivity contribution in [2.24, 2.45) is 0 Å². The number of halogens is 1. The third-order valence-corrected chi connectivity index (χ3v) is 3.51. The molecule has 120 valence electrons. The summed E-state index contributed by atoms with van der Waals surface area (Å²) in [4.78, 5) is 11.9. The number of benzene rings is 2. The van der Waals surface area contributed by atoms with E-state index in [1.165, 1.54) is 12.1 Å². The van der Waals surface area contributed by atoms with Gasteiger partial charge in [0, 0.05) is 12.2 Å². The Morgan fingerprint density at radius 3 is 2.83 bits per heavy atom. The molecule has 2 N–H and O–H groups in total. The number of rotatable bonds is 5. The van der Waals surface area contributed by atoms with Crippen LogP contribution in [0.1, 0.15) is 11.1 Å². The average molecular weight is 316 g/mol. The number of carbonyl (C=O) groups excluding carboxylic acids is 1. The van der Waals surface area contributed by atoms with Gasteiger partial charge in [0.1, 0.15) is 5.82 Å². The molecule has 1 aliphatic rings. The van der Waals surface area contributed by atoms with Crippen molar-refractivity contribution in [1.82, 2.24) is 5.32 Å². The number of carbonyl (C=O) groups is 1. The lowest BCUT2D eigenvalue weighted by Gasteiger charge is -2.09. The molecule has 3 rings (SSSR count). The molecule has 0 fully saturated rings. The summed E-state index contributed by atoms with van der Waals surface area (Å²) in [5.41, 5.74) is 2.30. The SMILES string of the molecule is Cc1cc(F)ccc1NC(=O)CNCc1ccc2c(c1)OCO2. The third-order valence-electron chi connectivity index (χ3n) is 3.51. The number of hydrogen-bond donors (Lipinski definition) is 2. The summed E-state index contributed by atoms with van der Waals surface area (Å²) < 4.78 is 23.6. The van der Waals surface area contributed by atoms with Gasteiger partial charge in [-0.2, -0.15) is 0 Å². The Hall–Kier alpha value is -2.60. The van der Waals surface area contributed by atoms with E-state index < -0.39 is 0 Å². The van der Waals surface area contributed by atoms with Gasteiger partial charge in [0.25, 0.3) is 0 Å². The van der Waals surface area contributed by atoms with Gasteiger partial charge in [0.05, 0.1) is 6.54 Å². The minimum Gasteiger partial charge on any atom is -0.454 e. The van der Waals surface area contributed by atoms with Crippen molar-refractivity contribution in [2.45, 2.75) is 13.5 Å². The van der Waals surface area contributed by atoms with E-state index >= 15 is 0 Å². The number of ether oxygens (including phenoxy) is 2. The quantitative estimate of drug-likeness (QED) is 0.890. The van der Waals surface area contributed by atoms with Crippen LogP contribution in [-0.4, -0.2) is 19.2 Å². The molecule has 0 radical (unpaired) electrons. The Morgan fingerprint density at radius 1 is 1.17 bits per heavy atom. The Kier molecular flexibility index (Phi) is 4.43. The molecule has 0 spiro atoms. The number of hydrogen-bond acceptors (Lipinski definition) is 4. The molecular weight excluding hydrogens is 299 g/mol. The minimum absolute atomic E-state index is 0.158. The van der Waals surface area contributed by atoms with E-state index in [0.29, 0.717) is 17.8 Å². The summed E-state index contributed by atoms with van der Waals surface area (Å²) in [5, 5.41) is 5.81. The van der Waals surface area contributed by atoms with Crippen molar-refractivity contribution in [3.8, 4) is 11.5 Å². The van der Waals surface area contributed by atoms with Crippen LogP contribution in [0.5, 0.6) is 11.5 Å². The second-order valence-electron chi connectivity index (χ2n) is 5.30. The fourth-order valence-corrected chi connectivity index (χ4v) is 2.33. The molecule has 0 unspecified atom stereocenters. The van der Waals surface area contributed by atoms with Crippen LogP contribution in [0.15, 0.2) is 36.4 Å². The van der Waals surface area contributed by atoms with Gasteiger partial charge in [-0.15, -0.1) is 0 Å². The average Bonchev–Trinajstić information content (AvgIpc) is 2.98. The maximum absolute atomic E-state index is 13.0. The van der Waals surface area contributed by atoms with Crippen molar-refractivity contribution in [3.05, 3.63) is 53.3 Å². The number of amides is 1. The molecule has 5 nitrogen and oxygen atoms in total. The number of anilines is 1. The van der Waals surface area contributed by atoms with Gasteiger partial charge in [-0.05, 0) is 48.4 Å². The zero-order valence-electron chi connectivity index (χ0n) is 12.7. The first-order chi connectivity index (χ1) is 11.1.